The van der Waals surface area contributed by atoms with E-state index in [1.54, 1.807) is 17.8 Å². The maximum Gasteiger partial charge on any atom is 0.136 e. The van der Waals surface area contributed by atoms with Gasteiger partial charge in [-0.05, 0) is 25.0 Å². The van der Waals surface area contributed by atoms with E-state index in [1.807, 2.05) is 12.1 Å². The van der Waals surface area contributed by atoms with Crippen LogP contribution in [0.2, 0.25) is 0 Å². The van der Waals surface area contributed by atoms with E-state index in [1.165, 1.54) is 18.9 Å². The highest BCUT2D eigenvalue weighted by Crippen LogP contribution is 2.22. The van der Waals surface area contributed by atoms with Gasteiger partial charge in [-0.3, -0.25) is 0 Å². The van der Waals surface area contributed by atoms with Crippen LogP contribution in [0.1, 0.15) is 12.8 Å². The number of rotatable bonds is 5. The molecule has 1 nitrogen and oxygen atoms in total. The third kappa shape index (κ3) is 3.00. The molecule has 1 N–H and O–H groups in total. The third-order valence-corrected chi connectivity index (χ3v) is 3.26. The van der Waals surface area contributed by atoms with Crippen LogP contribution in [0.3, 0.4) is 0 Å². The fourth-order valence-corrected chi connectivity index (χ4v) is 2.09. The maximum absolute atomic E-state index is 13.1. The lowest BCUT2D eigenvalue weighted by molar-refractivity contribution is 0.602. The van der Waals surface area contributed by atoms with Gasteiger partial charge < -0.3 is 5.32 Å². The molecule has 0 amide bonds. The van der Waals surface area contributed by atoms with Gasteiger partial charge in [0, 0.05) is 23.2 Å². The molecule has 2 rings (SSSR count). The van der Waals surface area contributed by atoms with E-state index in [0.717, 1.165) is 23.2 Å². The highest BCUT2D eigenvalue weighted by Gasteiger charge is 2.19. The lowest BCUT2D eigenvalue weighted by atomic mass is 10.3. The number of halogens is 1. The maximum atomic E-state index is 13.1. The SMILES string of the molecule is Fc1ccccc1SCCNC1CC1. The van der Waals surface area contributed by atoms with Gasteiger partial charge in [0.25, 0.3) is 0 Å². The van der Waals surface area contributed by atoms with Crippen molar-refractivity contribution in [2.45, 2.75) is 23.8 Å². The summed E-state index contributed by atoms with van der Waals surface area (Å²) in [5.74, 6) is 0.834. The first kappa shape index (κ1) is 9.99. The van der Waals surface area contributed by atoms with Gasteiger partial charge in [-0.25, -0.2) is 4.39 Å². The minimum atomic E-state index is -0.107. The van der Waals surface area contributed by atoms with Gasteiger partial charge in [0.15, 0.2) is 0 Å². The average Bonchev–Trinajstić information content (AvgIpc) is 2.99. The molecule has 0 bridgehead atoms. The van der Waals surface area contributed by atoms with Crippen LogP contribution in [0, 0.1) is 5.82 Å². The molecule has 1 aromatic rings. The van der Waals surface area contributed by atoms with Gasteiger partial charge >= 0.3 is 0 Å². The smallest absolute Gasteiger partial charge is 0.136 e. The van der Waals surface area contributed by atoms with E-state index >= 15 is 0 Å². The molecule has 76 valence electrons. The quantitative estimate of drug-likeness (QED) is 0.593. The Bertz CT molecular complexity index is 299. The number of nitrogens with one attached hydrogen (secondary N) is 1. The van der Waals surface area contributed by atoms with Crippen molar-refractivity contribution >= 4 is 11.8 Å². The largest absolute Gasteiger partial charge is 0.313 e. The van der Waals surface area contributed by atoms with Crippen LogP contribution in [-0.2, 0) is 0 Å². The molecule has 1 aromatic carbocycles. The van der Waals surface area contributed by atoms with Crippen LogP contribution in [-0.4, -0.2) is 18.3 Å². The molecule has 0 aliphatic heterocycles. The van der Waals surface area contributed by atoms with E-state index in [-0.39, 0.29) is 5.82 Å². The highest BCUT2D eigenvalue weighted by atomic mass is 32.2. The molecule has 0 atom stereocenters. The summed E-state index contributed by atoms with van der Waals surface area (Å²) in [5, 5.41) is 3.40. The summed E-state index contributed by atoms with van der Waals surface area (Å²) >= 11 is 1.58. The molecule has 14 heavy (non-hydrogen) atoms. The molecule has 3 heteroatoms. The van der Waals surface area contributed by atoms with Gasteiger partial charge in [-0.15, -0.1) is 11.8 Å². The fraction of sp³-hybridized carbons (Fsp3) is 0.455. The average molecular weight is 211 g/mol. The van der Waals surface area contributed by atoms with E-state index in [0.29, 0.717) is 0 Å². The minimum Gasteiger partial charge on any atom is -0.313 e. The van der Waals surface area contributed by atoms with Crippen molar-refractivity contribution in [3.63, 3.8) is 0 Å². The predicted octanol–water partition coefficient (Wildman–Crippen LogP) is 2.67. The second-order valence-corrected chi connectivity index (χ2v) is 4.64. The second kappa shape index (κ2) is 4.80. The summed E-state index contributed by atoms with van der Waals surface area (Å²) in [7, 11) is 0. The third-order valence-electron chi connectivity index (χ3n) is 2.21. The first-order chi connectivity index (χ1) is 6.86. The molecule has 1 fully saturated rings. The summed E-state index contributed by atoms with van der Waals surface area (Å²) in [5.41, 5.74) is 0. The Morgan fingerprint density at radius 1 is 1.36 bits per heavy atom. The Hall–Kier alpha value is -0.540. The van der Waals surface area contributed by atoms with Crippen LogP contribution < -0.4 is 5.32 Å². The zero-order valence-corrected chi connectivity index (χ0v) is 8.82. The van der Waals surface area contributed by atoms with Crippen LogP contribution in [0.5, 0.6) is 0 Å². The Balaban J connectivity index is 1.71. The van der Waals surface area contributed by atoms with Crippen LogP contribution in [0.4, 0.5) is 4.39 Å². The first-order valence-corrected chi connectivity index (χ1v) is 5.95. The summed E-state index contributed by atoms with van der Waals surface area (Å²) in [4.78, 5) is 0.755. The molecule has 1 saturated carbocycles. The summed E-state index contributed by atoms with van der Waals surface area (Å²) < 4.78 is 13.1. The first-order valence-electron chi connectivity index (χ1n) is 4.97. The van der Waals surface area contributed by atoms with Crippen molar-refractivity contribution in [2.75, 3.05) is 12.3 Å². The van der Waals surface area contributed by atoms with Crippen molar-refractivity contribution in [1.82, 2.24) is 5.32 Å². The topological polar surface area (TPSA) is 12.0 Å². The second-order valence-electron chi connectivity index (χ2n) is 3.51. The lowest BCUT2D eigenvalue weighted by Crippen LogP contribution is -2.19. The van der Waals surface area contributed by atoms with Gasteiger partial charge in [0.2, 0.25) is 0 Å². The van der Waals surface area contributed by atoms with Crippen molar-refractivity contribution in [2.24, 2.45) is 0 Å². The molecular weight excluding hydrogens is 197 g/mol. The fourth-order valence-electron chi connectivity index (χ4n) is 1.27. The number of benzene rings is 1. The van der Waals surface area contributed by atoms with Gasteiger partial charge in [-0.2, -0.15) is 0 Å². The molecular formula is C11H14FNS. The highest BCUT2D eigenvalue weighted by molar-refractivity contribution is 7.99. The Morgan fingerprint density at radius 3 is 2.86 bits per heavy atom. The normalized spacial score (nSPS) is 15.8. The van der Waals surface area contributed by atoms with Gasteiger partial charge in [-0.1, -0.05) is 12.1 Å². The predicted molar refractivity (Wildman–Crippen MR) is 58.1 cm³/mol. The number of thioether (sulfide) groups is 1. The van der Waals surface area contributed by atoms with Crippen LogP contribution in [0.25, 0.3) is 0 Å². The lowest BCUT2D eigenvalue weighted by Gasteiger charge is -2.03. The van der Waals surface area contributed by atoms with E-state index in [4.69, 9.17) is 0 Å². The zero-order valence-electron chi connectivity index (χ0n) is 8.00. The van der Waals surface area contributed by atoms with Gasteiger partial charge in [0.05, 0.1) is 0 Å². The summed E-state index contributed by atoms with van der Waals surface area (Å²) in [6, 6.07) is 7.69. The van der Waals surface area contributed by atoms with E-state index < -0.39 is 0 Å². The Kier molecular flexibility index (Phi) is 3.43. The zero-order chi connectivity index (χ0) is 9.80. The molecule has 0 heterocycles. The van der Waals surface area contributed by atoms with Crippen molar-refractivity contribution < 1.29 is 4.39 Å². The van der Waals surface area contributed by atoms with E-state index in [9.17, 15) is 4.39 Å². The van der Waals surface area contributed by atoms with E-state index in [2.05, 4.69) is 5.32 Å². The molecule has 0 spiro atoms. The van der Waals surface area contributed by atoms with Crippen molar-refractivity contribution in [3.05, 3.63) is 30.1 Å². The Labute approximate surface area is 88.1 Å². The summed E-state index contributed by atoms with van der Waals surface area (Å²) in [6.45, 7) is 0.976. The standard InChI is InChI=1S/C11H14FNS/c12-10-3-1-2-4-11(10)14-8-7-13-9-5-6-9/h1-4,9,13H,5-8H2. The molecule has 1 aliphatic carbocycles. The molecule has 0 unspecified atom stereocenters. The Morgan fingerprint density at radius 2 is 2.14 bits per heavy atom. The number of hydrogen-bond donors (Lipinski definition) is 1. The molecule has 0 saturated heterocycles. The van der Waals surface area contributed by atoms with Gasteiger partial charge in [0.1, 0.15) is 5.82 Å². The van der Waals surface area contributed by atoms with Crippen LogP contribution in [0.15, 0.2) is 29.2 Å². The molecule has 1 aliphatic rings. The monoisotopic (exact) mass is 211 g/mol. The van der Waals surface area contributed by atoms with Crippen molar-refractivity contribution in [3.8, 4) is 0 Å². The number of hydrogen-bond acceptors (Lipinski definition) is 2. The minimum absolute atomic E-state index is 0.107. The van der Waals surface area contributed by atoms with Crippen LogP contribution >= 0.6 is 11.8 Å². The molecule has 0 aromatic heterocycles. The summed E-state index contributed by atoms with van der Waals surface area (Å²) in [6.07, 6.45) is 2.62. The molecule has 0 radical (unpaired) electrons. The van der Waals surface area contributed by atoms with Crippen molar-refractivity contribution in [1.29, 1.82) is 0 Å².